The summed E-state index contributed by atoms with van der Waals surface area (Å²) >= 11 is 9.63. The van der Waals surface area contributed by atoms with E-state index in [1.807, 2.05) is 0 Å². The molecule has 24 heavy (non-hydrogen) atoms. The maximum absolute atomic E-state index is 10.1. The average Bonchev–Trinajstić information content (AvgIpc) is 2.60. The first-order valence-corrected chi connectivity index (χ1v) is 7.49. The normalized spacial score (nSPS) is 16.9. The van der Waals surface area contributed by atoms with Crippen molar-refractivity contribution in [2.75, 3.05) is 20.7 Å². The van der Waals surface area contributed by atoms with E-state index in [1.54, 1.807) is 7.05 Å². The first kappa shape index (κ1) is 22.5. The van der Waals surface area contributed by atoms with Crippen molar-refractivity contribution in [1.82, 2.24) is 21.5 Å². The number of nitrogens with one attached hydrogen (secondary N) is 4. The van der Waals surface area contributed by atoms with E-state index in [2.05, 4.69) is 31.7 Å². The lowest BCUT2D eigenvalue weighted by atomic mass is 10.0. The van der Waals surface area contributed by atoms with Crippen LogP contribution in [0.25, 0.3) is 0 Å². The van der Waals surface area contributed by atoms with Crippen molar-refractivity contribution in [3.63, 3.8) is 0 Å². The maximum Gasteiger partial charge on any atom is 0.186 e. The molecule has 0 aromatic heterocycles. The molecule has 0 fully saturated rings. The Morgan fingerprint density at radius 1 is 1.00 bits per heavy atom. The van der Waals surface area contributed by atoms with Gasteiger partial charge < -0.3 is 36.2 Å². The second-order valence-corrected chi connectivity index (χ2v) is 5.17. The number of hydrogen-bond donors (Lipinski definition) is 9. The fraction of sp³-hybridized carbons (Fsp3) is 0.636. The average molecular weight is 382 g/mol. The maximum atomic E-state index is 10.1. The molecule has 0 saturated carbocycles. The summed E-state index contributed by atoms with van der Waals surface area (Å²) in [6.07, 6.45) is -6.03. The molecule has 4 atom stereocenters. The molecule has 9 N–H and O–H groups in total. The second kappa shape index (κ2) is 12.0. The van der Waals surface area contributed by atoms with E-state index < -0.39 is 31.0 Å². The van der Waals surface area contributed by atoms with Gasteiger partial charge >= 0.3 is 0 Å². The molecule has 0 aliphatic heterocycles. The standard InChI is InChI=1S/C11H22N6O5S2/c1-12-10(23)16-14-3-5(15-17-11(24)13-2)7(20)9(22)8(21)6(19)4-18/h3,6-9,18-22H,4H2,1-2H3,(H2,12,16,23)(H2,13,17,24)/b14-3+,15-5+. The van der Waals surface area contributed by atoms with E-state index in [-0.39, 0.29) is 15.9 Å². The second-order valence-electron chi connectivity index (χ2n) is 4.35. The summed E-state index contributed by atoms with van der Waals surface area (Å²) in [6.45, 7) is -0.800. The van der Waals surface area contributed by atoms with Crippen molar-refractivity contribution >= 4 is 46.6 Å². The zero-order valence-electron chi connectivity index (χ0n) is 13.0. The molecular formula is C11H22N6O5S2. The highest BCUT2D eigenvalue weighted by Crippen LogP contribution is 2.06. The van der Waals surface area contributed by atoms with Crippen molar-refractivity contribution in [1.29, 1.82) is 0 Å². The van der Waals surface area contributed by atoms with Crippen LogP contribution >= 0.6 is 24.4 Å². The van der Waals surface area contributed by atoms with Gasteiger partial charge in [-0.05, 0) is 24.4 Å². The topological polar surface area (TPSA) is 174 Å². The first-order valence-electron chi connectivity index (χ1n) is 6.67. The lowest BCUT2D eigenvalue weighted by Crippen LogP contribution is -2.49. The van der Waals surface area contributed by atoms with E-state index in [0.717, 1.165) is 6.21 Å². The van der Waals surface area contributed by atoms with Crippen LogP contribution in [0.5, 0.6) is 0 Å². The van der Waals surface area contributed by atoms with E-state index in [1.165, 1.54) is 7.05 Å². The van der Waals surface area contributed by atoms with Gasteiger partial charge in [0.25, 0.3) is 0 Å². The lowest BCUT2D eigenvalue weighted by molar-refractivity contribution is -0.100. The van der Waals surface area contributed by atoms with Crippen molar-refractivity contribution in [2.24, 2.45) is 10.2 Å². The Balaban J connectivity index is 5.20. The van der Waals surface area contributed by atoms with Gasteiger partial charge in [0.2, 0.25) is 0 Å². The molecule has 0 amide bonds. The number of thiocarbonyl (C=S) groups is 2. The predicted molar refractivity (Wildman–Crippen MR) is 96.6 cm³/mol. The summed E-state index contributed by atoms with van der Waals surface area (Å²) < 4.78 is 0. The summed E-state index contributed by atoms with van der Waals surface area (Å²) in [7, 11) is 3.11. The number of hydrogen-bond acceptors (Lipinski definition) is 9. The van der Waals surface area contributed by atoms with Gasteiger partial charge in [0.15, 0.2) is 10.2 Å². The van der Waals surface area contributed by atoms with Crippen LogP contribution in [-0.4, -0.2) is 92.8 Å². The van der Waals surface area contributed by atoms with Gasteiger partial charge in [-0.2, -0.15) is 10.2 Å². The molecule has 0 aliphatic carbocycles. The van der Waals surface area contributed by atoms with Crippen molar-refractivity contribution < 1.29 is 25.5 Å². The predicted octanol–water partition coefficient (Wildman–Crippen LogP) is -4.05. The summed E-state index contributed by atoms with van der Waals surface area (Å²) in [5, 5.41) is 60.7. The number of aliphatic hydroxyl groups excluding tert-OH is 5. The number of aliphatic hydroxyl groups is 5. The van der Waals surface area contributed by atoms with E-state index in [0.29, 0.717) is 0 Å². The highest BCUT2D eigenvalue weighted by Gasteiger charge is 2.32. The van der Waals surface area contributed by atoms with E-state index >= 15 is 0 Å². The molecule has 0 heterocycles. The minimum Gasteiger partial charge on any atom is -0.394 e. The molecule has 0 rings (SSSR count). The third kappa shape index (κ3) is 7.87. The molecule has 0 aromatic rings. The van der Waals surface area contributed by atoms with Crippen molar-refractivity contribution in [3.8, 4) is 0 Å². The monoisotopic (exact) mass is 382 g/mol. The third-order valence-electron chi connectivity index (χ3n) is 2.66. The molecule has 0 aliphatic rings. The summed E-state index contributed by atoms with van der Waals surface area (Å²) in [6, 6.07) is 0. The Morgan fingerprint density at radius 3 is 2.04 bits per heavy atom. The Kier molecular flexibility index (Phi) is 11.2. The quantitative estimate of drug-likeness (QED) is 0.114. The van der Waals surface area contributed by atoms with Crippen LogP contribution in [0.4, 0.5) is 0 Å². The molecule has 11 nitrogen and oxygen atoms in total. The smallest absolute Gasteiger partial charge is 0.186 e. The van der Waals surface area contributed by atoms with Gasteiger partial charge in [-0.3, -0.25) is 10.9 Å². The molecule has 0 spiro atoms. The highest BCUT2D eigenvalue weighted by atomic mass is 32.1. The zero-order valence-corrected chi connectivity index (χ0v) is 14.7. The molecule has 138 valence electrons. The molecule has 0 aromatic carbocycles. The molecule has 0 bridgehead atoms. The highest BCUT2D eigenvalue weighted by molar-refractivity contribution is 7.80. The summed E-state index contributed by atoms with van der Waals surface area (Å²) in [5.41, 5.74) is 4.56. The fourth-order valence-corrected chi connectivity index (χ4v) is 1.35. The Hall–Kier alpha value is -1.48. The minimum atomic E-state index is -1.85. The summed E-state index contributed by atoms with van der Waals surface area (Å²) in [5.74, 6) is 0. The number of rotatable bonds is 8. The van der Waals surface area contributed by atoms with Crippen LogP contribution < -0.4 is 21.5 Å². The number of hydrazone groups is 2. The van der Waals surface area contributed by atoms with E-state index in [4.69, 9.17) is 29.5 Å². The van der Waals surface area contributed by atoms with Gasteiger partial charge in [-0.1, -0.05) is 0 Å². The van der Waals surface area contributed by atoms with Gasteiger partial charge in [0.1, 0.15) is 30.1 Å². The van der Waals surface area contributed by atoms with Gasteiger partial charge in [0.05, 0.1) is 12.8 Å². The first-order chi connectivity index (χ1) is 11.3. The molecule has 13 heteroatoms. The largest absolute Gasteiger partial charge is 0.394 e. The van der Waals surface area contributed by atoms with Gasteiger partial charge in [-0.15, -0.1) is 0 Å². The Bertz CT molecular complexity index is 478. The molecule has 0 saturated heterocycles. The fourth-order valence-electron chi connectivity index (χ4n) is 1.25. The molecule has 4 unspecified atom stereocenters. The Labute approximate surface area is 149 Å². The van der Waals surface area contributed by atoms with Gasteiger partial charge in [0, 0.05) is 14.1 Å². The Morgan fingerprint density at radius 2 is 1.54 bits per heavy atom. The van der Waals surface area contributed by atoms with E-state index in [9.17, 15) is 20.4 Å². The van der Waals surface area contributed by atoms with Crippen LogP contribution in [0.1, 0.15) is 0 Å². The zero-order chi connectivity index (χ0) is 18.7. The van der Waals surface area contributed by atoms with Crippen molar-refractivity contribution in [3.05, 3.63) is 0 Å². The van der Waals surface area contributed by atoms with Crippen LogP contribution in [0.15, 0.2) is 10.2 Å². The van der Waals surface area contributed by atoms with Crippen LogP contribution in [-0.2, 0) is 0 Å². The van der Waals surface area contributed by atoms with Crippen molar-refractivity contribution in [2.45, 2.75) is 24.4 Å². The molecular weight excluding hydrogens is 360 g/mol. The summed E-state index contributed by atoms with van der Waals surface area (Å²) in [4.78, 5) is 0. The number of nitrogens with zero attached hydrogens (tertiary/aromatic N) is 2. The minimum absolute atomic E-state index is 0.122. The van der Waals surface area contributed by atoms with Crippen LogP contribution in [0, 0.1) is 0 Å². The SMILES string of the molecule is CNC(=S)N/N=C/C(=N\NC(=S)NC)C(O)C(O)C(O)C(O)CO. The molecule has 0 radical (unpaired) electrons. The van der Waals surface area contributed by atoms with Crippen LogP contribution in [0.3, 0.4) is 0 Å². The van der Waals surface area contributed by atoms with Gasteiger partial charge in [-0.25, -0.2) is 0 Å². The lowest BCUT2D eigenvalue weighted by Gasteiger charge is -2.25. The van der Waals surface area contributed by atoms with Crippen LogP contribution in [0.2, 0.25) is 0 Å². The third-order valence-corrected chi connectivity index (χ3v) is 3.25.